The molecule has 1 fully saturated rings. The van der Waals surface area contributed by atoms with Crippen LogP contribution in [0.5, 0.6) is 5.75 Å². The number of carbonyl (C=O) groups excluding carboxylic acids is 1. The summed E-state index contributed by atoms with van der Waals surface area (Å²) >= 11 is 0. The highest BCUT2D eigenvalue weighted by atomic mass is 19.1. The minimum Gasteiger partial charge on any atom is -0.490 e. The Hall–Kier alpha value is -3.95. The van der Waals surface area contributed by atoms with Crippen LogP contribution in [0.1, 0.15) is 32.6 Å². The van der Waals surface area contributed by atoms with Crippen LogP contribution < -0.4 is 10.1 Å². The number of nitrogens with one attached hydrogen (secondary N) is 2. The van der Waals surface area contributed by atoms with Crippen LogP contribution in [0.4, 0.5) is 16.1 Å². The second-order valence-electron chi connectivity index (χ2n) is 8.15. The molecule has 1 aliphatic rings. The van der Waals surface area contributed by atoms with Crippen LogP contribution in [0.15, 0.2) is 46.9 Å². The Morgan fingerprint density at radius 3 is 2.71 bits per heavy atom. The van der Waals surface area contributed by atoms with Crippen molar-refractivity contribution in [2.24, 2.45) is 5.92 Å². The van der Waals surface area contributed by atoms with E-state index >= 15 is 0 Å². The van der Waals surface area contributed by atoms with Crippen LogP contribution in [0.25, 0.3) is 22.7 Å². The monoisotopic (exact) mass is 465 g/mol. The summed E-state index contributed by atoms with van der Waals surface area (Å²) in [6, 6.07) is 11.6. The molecule has 1 saturated carbocycles. The third kappa shape index (κ3) is 4.85. The minimum absolute atomic E-state index is 0.0331. The smallest absolute Gasteiger partial charge is 0.320 e. The number of imidazole rings is 1. The number of aromatic nitrogens is 4. The van der Waals surface area contributed by atoms with E-state index in [0.717, 1.165) is 42.5 Å². The molecule has 9 nitrogen and oxygen atoms in total. The highest BCUT2D eigenvalue weighted by molar-refractivity contribution is 5.79. The van der Waals surface area contributed by atoms with Gasteiger partial charge < -0.3 is 24.2 Å². The summed E-state index contributed by atoms with van der Waals surface area (Å²) in [5.41, 5.74) is 2.14. The number of aromatic amines is 1. The normalized spacial score (nSPS) is 18.1. The highest BCUT2D eigenvalue weighted by Crippen LogP contribution is 2.30. The Balaban J connectivity index is 1.23. The number of carbonyl (C=O) groups is 1. The van der Waals surface area contributed by atoms with E-state index in [-0.39, 0.29) is 35.7 Å². The van der Waals surface area contributed by atoms with E-state index in [9.17, 15) is 9.18 Å². The number of hydrogen-bond donors (Lipinski definition) is 2. The molecule has 4 aromatic rings. The van der Waals surface area contributed by atoms with Gasteiger partial charge in [-0.3, -0.25) is 4.79 Å². The van der Waals surface area contributed by atoms with Gasteiger partial charge in [-0.05, 0) is 69.0 Å². The zero-order valence-corrected chi connectivity index (χ0v) is 18.6. The van der Waals surface area contributed by atoms with E-state index in [1.165, 1.54) is 12.1 Å². The van der Waals surface area contributed by atoms with Gasteiger partial charge in [-0.15, -0.1) is 5.10 Å². The fraction of sp³-hybridized carbons (Fsp3) is 0.333. The molecule has 2 aromatic heterocycles. The first-order valence-electron chi connectivity index (χ1n) is 11.3. The van der Waals surface area contributed by atoms with Gasteiger partial charge in [0.25, 0.3) is 5.89 Å². The largest absolute Gasteiger partial charge is 0.490 e. The molecule has 0 radical (unpaired) electrons. The average Bonchev–Trinajstić information content (AvgIpc) is 3.48. The zero-order valence-electron chi connectivity index (χ0n) is 18.6. The van der Waals surface area contributed by atoms with Gasteiger partial charge in [-0.1, -0.05) is 5.10 Å². The summed E-state index contributed by atoms with van der Waals surface area (Å²) in [5, 5.41) is 10.9. The summed E-state index contributed by atoms with van der Waals surface area (Å²) in [6.07, 6.45) is 3.21. The van der Waals surface area contributed by atoms with E-state index in [4.69, 9.17) is 13.9 Å². The molecule has 2 aromatic carbocycles. The number of anilines is 2. The topological polar surface area (TPSA) is 115 Å². The molecular formula is C24H24FN5O4. The Morgan fingerprint density at radius 2 is 1.94 bits per heavy atom. The fourth-order valence-corrected chi connectivity index (χ4v) is 4.06. The number of esters is 1. The molecule has 2 heterocycles. The summed E-state index contributed by atoms with van der Waals surface area (Å²) in [6.45, 7) is 2.24. The predicted molar refractivity (Wildman–Crippen MR) is 122 cm³/mol. The molecular weight excluding hydrogens is 441 g/mol. The van der Waals surface area contributed by atoms with Crippen LogP contribution in [0.2, 0.25) is 0 Å². The number of fused-ring (bicyclic) bond motifs is 1. The number of halogens is 1. The molecule has 0 unspecified atom stereocenters. The third-order valence-corrected chi connectivity index (χ3v) is 5.77. The number of benzene rings is 2. The van der Waals surface area contributed by atoms with Gasteiger partial charge in [0, 0.05) is 11.8 Å². The van der Waals surface area contributed by atoms with Crippen LogP contribution in [-0.2, 0) is 9.53 Å². The maximum atomic E-state index is 13.1. The number of hydrogen-bond acceptors (Lipinski definition) is 8. The van der Waals surface area contributed by atoms with Gasteiger partial charge >= 0.3 is 12.0 Å². The van der Waals surface area contributed by atoms with Gasteiger partial charge in [-0.25, -0.2) is 9.37 Å². The van der Waals surface area contributed by atoms with Gasteiger partial charge in [0.1, 0.15) is 11.6 Å². The first-order valence-corrected chi connectivity index (χ1v) is 11.3. The number of rotatable bonds is 7. The van der Waals surface area contributed by atoms with Crippen molar-refractivity contribution in [2.75, 3.05) is 11.9 Å². The molecule has 0 bridgehead atoms. The molecule has 176 valence electrons. The molecule has 0 saturated heterocycles. The molecule has 0 atom stereocenters. The lowest BCUT2D eigenvalue weighted by molar-refractivity contribution is -0.149. The first-order chi connectivity index (χ1) is 16.6. The molecule has 0 aliphatic heterocycles. The molecule has 34 heavy (non-hydrogen) atoms. The lowest BCUT2D eigenvalue weighted by atomic mass is 9.87. The van der Waals surface area contributed by atoms with Crippen molar-refractivity contribution in [2.45, 2.75) is 38.7 Å². The Bertz CT molecular complexity index is 1280. The van der Waals surface area contributed by atoms with Crippen molar-refractivity contribution < 1.29 is 23.1 Å². The fourth-order valence-electron chi connectivity index (χ4n) is 4.06. The van der Waals surface area contributed by atoms with Crippen molar-refractivity contribution in [1.29, 1.82) is 0 Å². The average molecular weight is 465 g/mol. The summed E-state index contributed by atoms with van der Waals surface area (Å²) in [5.74, 6) is 0.916. The SMILES string of the molecule is CCOC(=O)C1CCC(Oc2ccc3nc(-c4nnc(Nc5ccc(F)cc5)o4)[nH]c3c2)CC1. The molecule has 2 N–H and O–H groups in total. The molecule has 0 amide bonds. The van der Waals surface area contributed by atoms with Gasteiger partial charge in [0.2, 0.25) is 0 Å². The maximum Gasteiger partial charge on any atom is 0.320 e. The maximum absolute atomic E-state index is 13.1. The second kappa shape index (κ2) is 9.50. The lowest BCUT2D eigenvalue weighted by Gasteiger charge is -2.27. The van der Waals surface area contributed by atoms with E-state index < -0.39 is 0 Å². The number of nitrogens with zero attached hydrogens (tertiary/aromatic N) is 3. The number of H-pyrrole nitrogens is 1. The van der Waals surface area contributed by atoms with Crippen molar-refractivity contribution in [3.8, 4) is 17.5 Å². The van der Waals surface area contributed by atoms with Crippen LogP contribution >= 0.6 is 0 Å². The van der Waals surface area contributed by atoms with Crippen molar-refractivity contribution >= 4 is 28.7 Å². The Labute approximate surface area is 194 Å². The second-order valence-corrected chi connectivity index (χ2v) is 8.15. The van der Waals surface area contributed by atoms with Crippen molar-refractivity contribution in [3.05, 3.63) is 48.3 Å². The Morgan fingerprint density at radius 1 is 1.15 bits per heavy atom. The zero-order chi connectivity index (χ0) is 23.5. The Kier molecular flexibility index (Phi) is 6.11. The predicted octanol–water partition coefficient (Wildman–Crippen LogP) is 5.00. The summed E-state index contributed by atoms with van der Waals surface area (Å²) in [4.78, 5) is 19.6. The summed E-state index contributed by atoms with van der Waals surface area (Å²) < 4.78 is 30.0. The third-order valence-electron chi connectivity index (χ3n) is 5.77. The number of ether oxygens (including phenoxy) is 2. The lowest BCUT2D eigenvalue weighted by Crippen LogP contribution is -2.29. The molecule has 1 aliphatic carbocycles. The van der Waals surface area contributed by atoms with E-state index in [1.807, 2.05) is 25.1 Å². The summed E-state index contributed by atoms with van der Waals surface area (Å²) in [7, 11) is 0. The first kappa shape index (κ1) is 21.9. The minimum atomic E-state index is -0.327. The van der Waals surface area contributed by atoms with Crippen LogP contribution in [0, 0.1) is 11.7 Å². The molecule has 5 rings (SSSR count). The molecule has 10 heteroatoms. The van der Waals surface area contributed by atoms with E-state index in [1.54, 1.807) is 12.1 Å². The van der Waals surface area contributed by atoms with Crippen molar-refractivity contribution in [1.82, 2.24) is 20.2 Å². The quantitative estimate of drug-likeness (QED) is 0.367. The van der Waals surface area contributed by atoms with Crippen molar-refractivity contribution in [3.63, 3.8) is 0 Å². The van der Waals surface area contributed by atoms with E-state index in [2.05, 4.69) is 25.5 Å². The highest BCUT2D eigenvalue weighted by Gasteiger charge is 2.28. The van der Waals surface area contributed by atoms with Gasteiger partial charge in [0.15, 0.2) is 5.82 Å². The van der Waals surface area contributed by atoms with Crippen LogP contribution in [-0.4, -0.2) is 38.8 Å². The molecule has 0 spiro atoms. The van der Waals surface area contributed by atoms with Gasteiger partial charge in [0.05, 0.1) is 29.7 Å². The standard InChI is InChI=1S/C24H24FN5O4/c1-2-32-23(31)14-3-9-17(10-4-14)33-18-11-12-19-20(13-18)28-21(27-19)22-29-30-24(34-22)26-16-7-5-15(25)6-8-16/h5-8,11-14,17H,2-4,9-10H2,1H3,(H,26,30)(H,27,28). The van der Waals surface area contributed by atoms with Gasteiger partial charge in [-0.2, -0.15) is 0 Å². The van der Waals surface area contributed by atoms with Crippen LogP contribution in [0.3, 0.4) is 0 Å². The van der Waals surface area contributed by atoms with E-state index in [0.29, 0.717) is 18.1 Å².